The maximum atomic E-state index is 12.3. The van der Waals surface area contributed by atoms with Crippen LogP contribution in [0.3, 0.4) is 0 Å². The summed E-state index contributed by atoms with van der Waals surface area (Å²) in [6.07, 6.45) is 2.14. The SMILES string of the molecule is Cc1cc(Br)c(C(=O)C2CCCC2C(=O)O)s1. The van der Waals surface area contributed by atoms with Gasteiger partial charge in [0.25, 0.3) is 0 Å². The molecule has 92 valence electrons. The predicted octanol–water partition coefficient (Wildman–Crippen LogP) is 3.50. The number of halogens is 1. The van der Waals surface area contributed by atoms with E-state index in [0.29, 0.717) is 17.7 Å². The van der Waals surface area contributed by atoms with Crippen molar-refractivity contribution in [1.82, 2.24) is 0 Å². The minimum atomic E-state index is -0.842. The second-order valence-electron chi connectivity index (χ2n) is 4.38. The fraction of sp³-hybridized carbons (Fsp3) is 0.500. The topological polar surface area (TPSA) is 54.4 Å². The van der Waals surface area contributed by atoms with Crippen LogP contribution in [0.25, 0.3) is 0 Å². The van der Waals surface area contributed by atoms with Crippen molar-refractivity contribution in [3.8, 4) is 0 Å². The molecule has 0 saturated heterocycles. The number of carbonyl (C=O) groups is 2. The van der Waals surface area contributed by atoms with Gasteiger partial charge in [0.1, 0.15) is 0 Å². The summed E-state index contributed by atoms with van der Waals surface area (Å²) >= 11 is 4.80. The van der Waals surface area contributed by atoms with Crippen LogP contribution in [0.2, 0.25) is 0 Å². The van der Waals surface area contributed by atoms with Gasteiger partial charge in [0.15, 0.2) is 5.78 Å². The average Bonchev–Trinajstić information content (AvgIpc) is 2.83. The Morgan fingerprint density at radius 1 is 1.41 bits per heavy atom. The second kappa shape index (κ2) is 4.90. The molecule has 0 radical (unpaired) electrons. The molecule has 0 amide bonds. The van der Waals surface area contributed by atoms with Crippen molar-refractivity contribution in [3.63, 3.8) is 0 Å². The van der Waals surface area contributed by atoms with Gasteiger partial charge in [-0.1, -0.05) is 6.42 Å². The zero-order valence-corrected chi connectivity index (χ0v) is 11.8. The standard InChI is InChI=1S/C12H13BrO3S/c1-6-5-9(13)11(17-6)10(14)7-3-2-4-8(7)12(15)16/h5,7-8H,2-4H2,1H3,(H,15,16). The first-order valence-electron chi connectivity index (χ1n) is 5.53. The van der Waals surface area contributed by atoms with E-state index in [-0.39, 0.29) is 11.7 Å². The molecule has 1 heterocycles. The highest BCUT2D eigenvalue weighted by molar-refractivity contribution is 9.10. The van der Waals surface area contributed by atoms with E-state index in [1.54, 1.807) is 0 Å². The highest BCUT2D eigenvalue weighted by atomic mass is 79.9. The van der Waals surface area contributed by atoms with E-state index in [9.17, 15) is 9.59 Å². The average molecular weight is 317 g/mol. The fourth-order valence-electron chi connectivity index (χ4n) is 2.39. The summed E-state index contributed by atoms with van der Waals surface area (Å²) in [5.41, 5.74) is 0. The Kier molecular flexibility index (Phi) is 3.68. The quantitative estimate of drug-likeness (QED) is 0.868. The summed E-state index contributed by atoms with van der Waals surface area (Å²) in [4.78, 5) is 25.1. The maximum absolute atomic E-state index is 12.3. The molecule has 0 bridgehead atoms. The Morgan fingerprint density at radius 2 is 2.06 bits per heavy atom. The van der Waals surface area contributed by atoms with Crippen molar-refractivity contribution >= 4 is 39.0 Å². The Hall–Kier alpha value is -0.680. The van der Waals surface area contributed by atoms with Gasteiger partial charge in [-0.25, -0.2) is 0 Å². The number of carboxylic acids is 1. The lowest BCUT2D eigenvalue weighted by Crippen LogP contribution is -2.25. The fourth-order valence-corrected chi connectivity index (χ4v) is 4.23. The minimum absolute atomic E-state index is 0.0140. The summed E-state index contributed by atoms with van der Waals surface area (Å²) < 4.78 is 0.793. The zero-order valence-electron chi connectivity index (χ0n) is 9.40. The lowest BCUT2D eigenvalue weighted by atomic mass is 9.91. The summed E-state index contributed by atoms with van der Waals surface area (Å²) in [7, 11) is 0. The molecule has 2 unspecified atom stereocenters. The number of carbonyl (C=O) groups excluding carboxylic acids is 1. The number of aliphatic carboxylic acids is 1. The monoisotopic (exact) mass is 316 g/mol. The minimum Gasteiger partial charge on any atom is -0.481 e. The van der Waals surface area contributed by atoms with Crippen molar-refractivity contribution in [2.75, 3.05) is 0 Å². The first-order valence-corrected chi connectivity index (χ1v) is 7.14. The van der Waals surface area contributed by atoms with Crippen LogP contribution in [-0.4, -0.2) is 16.9 Å². The van der Waals surface area contributed by atoms with Crippen molar-refractivity contribution in [2.45, 2.75) is 26.2 Å². The van der Waals surface area contributed by atoms with E-state index in [4.69, 9.17) is 5.11 Å². The van der Waals surface area contributed by atoms with E-state index >= 15 is 0 Å². The maximum Gasteiger partial charge on any atom is 0.307 e. The van der Waals surface area contributed by atoms with E-state index in [0.717, 1.165) is 15.8 Å². The smallest absolute Gasteiger partial charge is 0.307 e. The molecule has 1 fully saturated rings. The molecule has 0 spiro atoms. The molecule has 2 atom stereocenters. The van der Waals surface area contributed by atoms with Crippen LogP contribution in [0.15, 0.2) is 10.5 Å². The molecule has 17 heavy (non-hydrogen) atoms. The van der Waals surface area contributed by atoms with E-state index < -0.39 is 11.9 Å². The van der Waals surface area contributed by atoms with Crippen LogP contribution >= 0.6 is 27.3 Å². The van der Waals surface area contributed by atoms with Crippen LogP contribution in [0, 0.1) is 18.8 Å². The van der Waals surface area contributed by atoms with E-state index in [1.807, 2.05) is 13.0 Å². The molecule has 1 aliphatic carbocycles. The summed E-state index contributed by atoms with van der Waals surface area (Å²) in [6, 6.07) is 1.91. The number of thiophene rings is 1. The third-order valence-corrected chi connectivity index (χ3v) is 5.16. The molecule has 1 aliphatic rings. The molecule has 0 aliphatic heterocycles. The second-order valence-corrected chi connectivity index (χ2v) is 6.49. The van der Waals surface area contributed by atoms with Crippen molar-refractivity contribution < 1.29 is 14.7 Å². The molecular weight excluding hydrogens is 304 g/mol. The normalized spacial score (nSPS) is 23.9. The summed E-state index contributed by atoms with van der Waals surface area (Å²) in [5.74, 6) is -1.70. The molecule has 1 aromatic heterocycles. The van der Waals surface area contributed by atoms with Crippen LogP contribution in [0.5, 0.6) is 0 Å². The molecule has 1 saturated carbocycles. The van der Waals surface area contributed by atoms with Crippen molar-refractivity contribution in [3.05, 3.63) is 20.3 Å². The zero-order chi connectivity index (χ0) is 12.6. The number of aryl methyl sites for hydroxylation is 1. The van der Waals surface area contributed by atoms with Crippen LogP contribution < -0.4 is 0 Å². The molecule has 3 nitrogen and oxygen atoms in total. The molecule has 2 rings (SSSR count). The first kappa shape index (κ1) is 12.8. The van der Waals surface area contributed by atoms with Gasteiger partial charge < -0.3 is 5.11 Å². The Bertz CT molecular complexity index is 466. The Labute approximate surface area is 112 Å². The number of carboxylic acid groups (broad SMARTS) is 1. The summed E-state index contributed by atoms with van der Waals surface area (Å²) in [5, 5.41) is 9.09. The van der Waals surface area contributed by atoms with Gasteiger partial charge in [-0.15, -0.1) is 11.3 Å². The number of hydrogen-bond donors (Lipinski definition) is 1. The van der Waals surface area contributed by atoms with Crippen molar-refractivity contribution in [2.24, 2.45) is 11.8 Å². The number of hydrogen-bond acceptors (Lipinski definition) is 3. The molecule has 5 heteroatoms. The van der Waals surface area contributed by atoms with E-state index in [1.165, 1.54) is 11.3 Å². The number of Topliss-reactive ketones (excluding diaryl/α,β-unsaturated/α-hetero) is 1. The Balaban J connectivity index is 2.25. The summed E-state index contributed by atoms with van der Waals surface area (Å²) in [6.45, 7) is 1.94. The highest BCUT2D eigenvalue weighted by Crippen LogP contribution is 2.38. The lowest BCUT2D eigenvalue weighted by molar-refractivity contribution is -0.142. The number of rotatable bonds is 3. The highest BCUT2D eigenvalue weighted by Gasteiger charge is 2.39. The lowest BCUT2D eigenvalue weighted by Gasteiger charge is -2.13. The third-order valence-electron chi connectivity index (χ3n) is 3.20. The van der Waals surface area contributed by atoms with Crippen molar-refractivity contribution in [1.29, 1.82) is 0 Å². The van der Waals surface area contributed by atoms with Gasteiger partial charge in [-0.2, -0.15) is 0 Å². The molecule has 0 aromatic carbocycles. The molecule has 1 N–H and O–H groups in total. The van der Waals surface area contributed by atoms with Gasteiger partial charge in [-0.3, -0.25) is 9.59 Å². The van der Waals surface area contributed by atoms with E-state index in [2.05, 4.69) is 15.9 Å². The van der Waals surface area contributed by atoms with Gasteiger partial charge in [0, 0.05) is 15.3 Å². The van der Waals surface area contributed by atoms with Gasteiger partial charge in [-0.05, 0) is 41.8 Å². The van der Waals surface area contributed by atoms with Crippen LogP contribution in [0.1, 0.15) is 33.8 Å². The first-order chi connectivity index (χ1) is 8.00. The van der Waals surface area contributed by atoms with Gasteiger partial charge >= 0.3 is 5.97 Å². The van der Waals surface area contributed by atoms with Crippen LogP contribution in [0.4, 0.5) is 0 Å². The van der Waals surface area contributed by atoms with Gasteiger partial charge in [0.05, 0.1) is 10.8 Å². The predicted molar refractivity (Wildman–Crippen MR) is 69.6 cm³/mol. The molecule has 1 aromatic rings. The Morgan fingerprint density at radius 3 is 2.59 bits per heavy atom. The third kappa shape index (κ3) is 2.45. The van der Waals surface area contributed by atoms with Crippen LogP contribution in [-0.2, 0) is 4.79 Å². The number of ketones is 1. The van der Waals surface area contributed by atoms with Gasteiger partial charge in [0.2, 0.25) is 0 Å². The largest absolute Gasteiger partial charge is 0.481 e. The molecular formula is C12H13BrO3S.